The first-order valence-electron chi connectivity index (χ1n) is 6.83. The van der Waals surface area contributed by atoms with Crippen molar-refractivity contribution in [1.82, 2.24) is 0 Å². The molecule has 1 aromatic carbocycles. The molecule has 0 spiro atoms. The minimum absolute atomic E-state index is 0.0157. The highest BCUT2D eigenvalue weighted by Gasteiger charge is 2.29. The van der Waals surface area contributed by atoms with Gasteiger partial charge in [0.2, 0.25) is 0 Å². The lowest BCUT2D eigenvalue weighted by atomic mass is 10.0. The first-order valence-corrected chi connectivity index (χ1v) is 6.83. The minimum Gasteiger partial charge on any atom is -0.369 e. The van der Waals surface area contributed by atoms with E-state index < -0.39 is 0 Å². The predicted molar refractivity (Wildman–Crippen MR) is 76.3 cm³/mol. The molecule has 1 fully saturated rings. The molecule has 19 heavy (non-hydrogen) atoms. The Morgan fingerprint density at radius 3 is 2.63 bits per heavy atom. The molecule has 0 aliphatic carbocycles. The van der Waals surface area contributed by atoms with E-state index in [9.17, 15) is 4.79 Å². The fourth-order valence-electron chi connectivity index (χ4n) is 2.41. The monoisotopic (exact) mass is 262 g/mol. The third-order valence-corrected chi connectivity index (χ3v) is 3.51. The van der Waals surface area contributed by atoms with Crippen molar-refractivity contribution in [2.24, 2.45) is 5.73 Å². The first kappa shape index (κ1) is 14.0. The Hall–Kier alpha value is -1.39. The summed E-state index contributed by atoms with van der Waals surface area (Å²) in [7, 11) is 0. The summed E-state index contributed by atoms with van der Waals surface area (Å²) in [5, 5.41) is 0. The topological polar surface area (TPSA) is 55.6 Å². The summed E-state index contributed by atoms with van der Waals surface area (Å²) >= 11 is 0. The standard InChI is InChI=1S/C15H22N2O2/c1-11(2)12-3-5-13(6-4-12)17-14(7-8-16)9-19-10-15(17)18/h3-6,11,14H,7-10,16H2,1-2H3. The van der Waals surface area contributed by atoms with Crippen LogP contribution in [0.4, 0.5) is 5.69 Å². The Morgan fingerprint density at radius 1 is 1.37 bits per heavy atom. The van der Waals surface area contributed by atoms with Crippen LogP contribution in [0.25, 0.3) is 0 Å². The number of anilines is 1. The fraction of sp³-hybridized carbons (Fsp3) is 0.533. The number of ether oxygens (including phenoxy) is 1. The molecule has 0 saturated carbocycles. The van der Waals surface area contributed by atoms with Crippen LogP contribution in [0.1, 0.15) is 31.7 Å². The number of benzene rings is 1. The van der Waals surface area contributed by atoms with Gasteiger partial charge >= 0.3 is 0 Å². The molecular weight excluding hydrogens is 240 g/mol. The van der Waals surface area contributed by atoms with Crippen molar-refractivity contribution in [3.63, 3.8) is 0 Å². The highest BCUT2D eigenvalue weighted by molar-refractivity contribution is 5.95. The van der Waals surface area contributed by atoms with Gasteiger partial charge in [0.1, 0.15) is 6.61 Å². The molecule has 4 nitrogen and oxygen atoms in total. The van der Waals surface area contributed by atoms with Gasteiger partial charge in [0.05, 0.1) is 12.6 Å². The molecule has 2 N–H and O–H groups in total. The largest absolute Gasteiger partial charge is 0.369 e. The van der Waals surface area contributed by atoms with Crippen LogP contribution in [0.3, 0.4) is 0 Å². The van der Waals surface area contributed by atoms with Crippen LogP contribution in [0.15, 0.2) is 24.3 Å². The molecule has 1 aliphatic heterocycles. The fourth-order valence-corrected chi connectivity index (χ4v) is 2.41. The molecule has 0 radical (unpaired) electrons. The van der Waals surface area contributed by atoms with Crippen molar-refractivity contribution in [3.05, 3.63) is 29.8 Å². The van der Waals surface area contributed by atoms with Gasteiger partial charge in [-0.05, 0) is 36.6 Å². The average Bonchev–Trinajstić information content (AvgIpc) is 2.39. The molecule has 1 aliphatic rings. The minimum atomic E-state index is 0.0157. The number of carbonyl (C=O) groups excluding carboxylic acids is 1. The van der Waals surface area contributed by atoms with Crippen molar-refractivity contribution in [2.45, 2.75) is 32.2 Å². The van der Waals surface area contributed by atoms with E-state index >= 15 is 0 Å². The van der Waals surface area contributed by atoms with Gasteiger partial charge in [-0.2, -0.15) is 0 Å². The lowest BCUT2D eigenvalue weighted by Gasteiger charge is -2.35. The maximum atomic E-state index is 12.1. The van der Waals surface area contributed by atoms with Gasteiger partial charge in [-0.25, -0.2) is 0 Å². The molecule has 1 unspecified atom stereocenters. The molecule has 0 aromatic heterocycles. The van der Waals surface area contributed by atoms with Gasteiger partial charge in [0.15, 0.2) is 0 Å². The molecular formula is C15H22N2O2. The van der Waals surface area contributed by atoms with Crippen molar-refractivity contribution >= 4 is 11.6 Å². The zero-order chi connectivity index (χ0) is 13.8. The summed E-state index contributed by atoms with van der Waals surface area (Å²) in [6.45, 7) is 5.60. The molecule has 1 saturated heterocycles. The maximum absolute atomic E-state index is 12.1. The molecule has 1 aromatic rings. The Balaban J connectivity index is 2.22. The van der Waals surface area contributed by atoms with Crippen LogP contribution in [0.5, 0.6) is 0 Å². The van der Waals surface area contributed by atoms with E-state index in [2.05, 4.69) is 26.0 Å². The third-order valence-electron chi connectivity index (χ3n) is 3.51. The zero-order valence-electron chi connectivity index (χ0n) is 11.6. The van der Waals surface area contributed by atoms with Crippen LogP contribution in [0, 0.1) is 0 Å². The van der Waals surface area contributed by atoms with Gasteiger partial charge < -0.3 is 15.4 Å². The van der Waals surface area contributed by atoms with Crippen molar-refractivity contribution < 1.29 is 9.53 Å². The van der Waals surface area contributed by atoms with Gasteiger partial charge in [-0.15, -0.1) is 0 Å². The number of morpholine rings is 1. The van der Waals surface area contributed by atoms with Crippen LogP contribution >= 0.6 is 0 Å². The Labute approximate surface area is 114 Å². The van der Waals surface area contributed by atoms with Gasteiger partial charge in [0, 0.05) is 5.69 Å². The summed E-state index contributed by atoms with van der Waals surface area (Å²) in [6.07, 6.45) is 0.762. The number of hydrogen-bond acceptors (Lipinski definition) is 3. The predicted octanol–water partition coefficient (Wildman–Crippen LogP) is 1.89. The second-order valence-electron chi connectivity index (χ2n) is 5.26. The van der Waals surface area contributed by atoms with Crippen LogP contribution in [-0.4, -0.2) is 31.7 Å². The number of hydrogen-bond donors (Lipinski definition) is 1. The van der Waals surface area contributed by atoms with E-state index in [1.165, 1.54) is 5.56 Å². The Kier molecular flexibility index (Phi) is 4.56. The number of nitrogens with two attached hydrogens (primary N) is 1. The molecule has 2 rings (SSSR count). The molecule has 1 atom stereocenters. The van der Waals surface area contributed by atoms with Gasteiger partial charge in [0.25, 0.3) is 5.91 Å². The van der Waals surface area contributed by atoms with E-state index in [4.69, 9.17) is 10.5 Å². The zero-order valence-corrected chi connectivity index (χ0v) is 11.6. The lowest BCUT2D eigenvalue weighted by molar-refractivity contribution is -0.127. The van der Waals surface area contributed by atoms with Crippen molar-refractivity contribution in [1.29, 1.82) is 0 Å². The molecule has 0 bridgehead atoms. The van der Waals surface area contributed by atoms with Crippen LogP contribution in [0.2, 0.25) is 0 Å². The van der Waals surface area contributed by atoms with E-state index in [0.717, 1.165) is 12.1 Å². The van der Waals surface area contributed by atoms with Crippen LogP contribution < -0.4 is 10.6 Å². The lowest BCUT2D eigenvalue weighted by Crippen LogP contribution is -2.50. The SMILES string of the molecule is CC(C)c1ccc(N2C(=O)COCC2CCN)cc1. The summed E-state index contributed by atoms with van der Waals surface area (Å²) < 4.78 is 5.31. The smallest absolute Gasteiger partial charge is 0.253 e. The van der Waals surface area contributed by atoms with Gasteiger partial charge in [-0.3, -0.25) is 4.79 Å². The van der Waals surface area contributed by atoms with Crippen molar-refractivity contribution in [2.75, 3.05) is 24.7 Å². The number of amides is 1. The number of carbonyl (C=O) groups is 1. The quantitative estimate of drug-likeness (QED) is 0.901. The van der Waals surface area contributed by atoms with E-state index in [1.54, 1.807) is 0 Å². The van der Waals surface area contributed by atoms with E-state index in [1.807, 2.05) is 17.0 Å². The molecule has 104 valence electrons. The Morgan fingerprint density at radius 2 is 2.05 bits per heavy atom. The molecule has 1 heterocycles. The second-order valence-corrected chi connectivity index (χ2v) is 5.26. The molecule has 1 amide bonds. The maximum Gasteiger partial charge on any atom is 0.253 e. The summed E-state index contributed by atoms with van der Waals surface area (Å²) in [6, 6.07) is 8.26. The summed E-state index contributed by atoms with van der Waals surface area (Å²) in [4.78, 5) is 13.9. The van der Waals surface area contributed by atoms with Gasteiger partial charge in [-0.1, -0.05) is 26.0 Å². The van der Waals surface area contributed by atoms with E-state index in [0.29, 0.717) is 19.1 Å². The molecule has 4 heteroatoms. The average molecular weight is 262 g/mol. The van der Waals surface area contributed by atoms with Crippen molar-refractivity contribution in [3.8, 4) is 0 Å². The highest BCUT2D eigenvalue weighted by atomic mass is 16.5. The second kappa shape index (κ2) is 6.17. The first-order chi connectivity index (χ1) is 9.13. The summed E-state index contributed by atoms with van der Waals surface area (Å²) in [5.74, 6) is 0.510. The number of nitrogens with zero attached hydrogens (tertiary/aromatic N) is 1. The highest BCUT2D eigenvalue weighted by Crippen LogP contribution is 2.24. The van der Waals surface area contributed by atoms with E-state index in [-0.39, 0.29) is 18.6 Å². The Bertz CT molecular complexity index is 426. The van der Waals surface area contributed by atoms with Crippen LogP contribution in [-0.2, 0) is 9.53 Å². The third kappa shape index (κ3) is 3.14. The normalized spacial score (nSPS) is 20.1. The summed E-state index contributed by atoms with van der Waals surface area (Å²) in [5.41, 5.74) is 7.83. The number of rotatable bonds is 4.